The number of benzene rings is 2. The van der Waals surface area contributed by atoms with Crippen LogP contribution in [0.15, 0.2) is 42.5 Å². The summed E-state index contributed by atoms with van der Waals surface area (Å²) in [6.07, 6.45) is 0.907. The van der Waals surface area contributed by atoms with E-state index in [-0.39, 0.29) is 11.8 Å². The van der Waals surface area contributed by atoms with Gasteiger partial charge in [-0.3, -0.25) is 19.4 Å². The quantitative estimate of drug-likeness (QED) is 0.693. The summed E-state index contributed by atoms with van der Waals surface area (Å²) in [6.45, 7) is 2.80. The Morgan fingerprint density at radius 3 is 2.33 bits per heavy atom. The van der Waals surface area contributed by atoms with E-state index < -0.39 is 0 Å². The number of carbonyl (C=O) groups excluding carboxylic acids is 2. The molecular weight excluding hydrogens is 302 g/mol. The van der Waals surface area contributed by atoms with Crippen molar-refractivity contribution in [2.75, 3.05) is 25.4 Å². The third kappa shape index (κ3) is 2.37. The van der Waals surface area contributed by atoms with Crippen molar-refractivity contribution in [3.8, 4) is 0 Å². The molecule has 24 heavy (non-hydrogen) atoms. The summed E-state index contributed by atoms with van der Waals surface area (Å²) in [5.74, 6) is -0.366. The molecule has 2 amide bonds. The third-order valence-corrected chi connectivity index (χ3v) is 4.90. The van der Waals surface area contributed by atoms with Crippen molar-refractivity contribution >= 4 is 17.5 Å². The fourth-order valence-corrected chi connectivity index (χ4v) is 3.57. The van der Waals surface area contributed by atoms with Crippen LogP contribution in [-0.4, -0.2) is 41.2 Å². The Bertz CT molecular complexity index is 796. The number of carbonyl (C=O) groups is 2. The van der Waals surface area contributed by atoms with E-state index >= 15 is 0 Å². The highest BCUT2D eigenvalue weighted by Crippen LogP contribution is 2.25. The Kier molecular flexibility index (Phi) is 3.58. The molecule has 122 valence electrons. The van der Waals surface area contributed by atoms with Crippen LogP contribution in [0.25, 0.3) is 0 Å². The van der Waals surface area contributed by atoms with Crippen molar-refractivity contribution in [2.24, 2.45) is 0 Å². The van der Waals surface area contributed by atoms with Crippen molar-refractivity contribution in [2.45, 2.75) is 13.0 Å². The van der Waals surface area contributed by atoms with Crippen LogP contribution < -0.4 is 5.73 Å². The van der Waals surface area contributed by atoms with E-state index in [4.69, 9.17) is 5.73 Å². The van der Waals surface area contributed by atoms with Crippen LogP contribution in [0.3, 0.4) is 0 Å². The molecule has 0 unspecified atom stereocenters. The number of rotatable bonds is 3. The lowest BCUT2D eigenvalue weighted by Crippen LogP contribution is -2.40. The molecule has 0 aliphatic carbocycles. The predicted molar refractivity (Wildman–Crippen MR) is 91.6 cm³/mol. The average Bonchev–Trinajstić information content (AvgIpc) is 2.85. The van der Waals surface area contributed by atoms with Gasteiger partial charge in [-0.2, -0.15) is 0 Å². The molecule has 5 heteroatoms. The van der Waals surface area contributed by atoms with Gasteiger partial charge in [0.05, 0.1) is 11.1 Å². The normalized spacial score (nSPS) is 17.1. The van der Waals surface area contributed by atoms with E-state index in [1.165, 1.54) is 16.0 Å². The zero-order chi connectivity index (χ0) is 16.7. The summed E-state index contributed by atoms with van der Waals surface area (Å²) in [5.41, 5.74) is 10.4. The largest absolute Gasteiger partial charge is 0.398 e. The number of hydrogen-bond acceptors (Lipinski definition) is 4. The van der Waals surface area contributed by atoms with E-state index in [9.17, 15) is 9.59 Å². The maximum absolute atomic E-state index is 12.4. The highest BCUT2D eigenvalue weighted by Gasteiger charge is 2.35. The fraction of sp³-hybridized carbons (Fsp3) is 0.263. The Morgan fingerprint density at radius 1 is 0.917 bits per heavy atom. The standard InChI is InChI=1S/C19H19N3O2/c20-17-7-3-4-13-12-21(9-8-14(13)17)10-11-22-18(23)15-5-1-2-6-16(15)19(22)24/h1-7H,8-12,20H2. The molecule has 0 aromatic heterocycles. The summed E-state index contributed by atoms with van der Waals surface area (Å²) < 4.78 is 0. The number of imide groups is 1. The number of anilines is 1. The van der Waals surface area contributed by atoms with Gasteiger partial charge in [-0.15, -0.1) is 0 Å². The third-order valence-electron chi connectivity index (χ3n) is 4.90. The van der Waals surface area contributed by atoms with Gasteiger partial charge in [-0.25, -0.2) is 0 Å². The van der Waals surface area contributed by atoms with Crippen LogP contribution in [0, 0.1) is 0 Å². The van der Waals surface area contributed by atoms with Crippen LogP contribution in [0.1, 0.15) is 31.8 Å². The first-order valence-electron chi connectivity index (χ1n) is 8.19. The van der Waals surface area contributed by atoms with Gasteiger partial charge >= 0.3 is 0 Å². The first kappa shape index (κ1) is 14.9. The van der Waals surface area contributed by atoms with Gasteiger partial charge in [0.1, 0.15) is 0 Å². The van der Waals surface area contributed by atoms with E-state index in [2.05, 4.69) is 11.0 Å². The van der Waals surface area contributed by atoms with E-state index in [0.29, 0.717) is 24.2 Å². The Hall–Kier alpha value is -2.66. The molecule has 2 aromatic rings. The van der Waals surface area contributed by atoms with Gasteiger partial charge in [-0.1, -0.05) is 24.3 Å². The summed E-state index contributed by atoms with van der Waals surface area (Å²) in [4.78, 5) is 28.4. The SMILES string of the molecule is Nc1cccc2c1CCN(CCN1C(=O)c3ccccc3C1=O)C2. The van der Waals surface area contributed by atoms with Crippen molar-refractivity contribution in [1.29, 1.82) is 0 Å². The molecule has 2 N–H and O–H groups in total. The second-order valence-corrected chi connectivity index (χ2v) is 6.32. The minimum absolute atomic E-state index is 0.183. The first-order chi connectivity index (χ1) is 11.6. The molecule has 0 spiro atoms. The lowest BCUT2D eigenvalue weighted by atomic mass is 9.98. The number of hydrogen-bond donors (Lipinski definition) is 1. The van der Waals surface area contributed by atoms with Crippen LogP contribution in [0.4, 0.5) is 5.69 Å². The maximum atomic E-state index is 12.4. The molecule has 0 atom stereocenters. The highest BCUT2D eigenvalue weighted by atomic mass is 16.2. The van der Waals surface area contributed by atoms with Gasteiger partial charge in [-0.05, 0) is 35.7 Å². The van der Waals surface area contributed by atoms with Crippen LogP contribution in [0.2, 0.25) is 0 Å². The van der Waals surface area contributed by atoms with Crippen molar-refractivity contribution in [3.63, 3.8) is 0 Å². The van der Waals surface area contributed by atoms with Crippen LogP contribution in [0.5, 0.6) is 0 Å². The molecular formula is C19H19N3O2. The monoisotopic (exact) mass is 321 g/mol. The minimum Gasteiger partial charge on any atom is -0.398 e. The molecule has 0 fully saturated rings. The summed E-state index contributed by atoms with van der Waals surface area (Å²) in [6, 6.07) is 13.0. The van der Waals surface area contributed by atoms with Crippen molar-refractivity contribution < 1.29 is 9.59 Å². The van der Waals surface area contributed by atoms with Crippen LogP contribution >= 0.6 is 0 Å². The van der Waals surface area contributed by atoms with Gasteiger partial charge < -0.3 is 5.73 Å². The molecule has 2 aliphatic heterocycles. The fourth-order valence-electron chi connectivity index (χ4n) is 3.57. The zero-order valence-electron chi connectivity index (χ0n) is 13.4. The Morgan fingerprint density at radius 2 is 1.62 bits per heavy atom. The number of nitrogens with zero attached hydrogens (tertiary/aromatic N) is 2. The molecule has 2 heterocycles. The van der Waals surface area contributed by atoms with E-state index in [1.807, 2.05) is 12.1 Å². The zero-order valence-corrected chi connectivity index (χ0v) is 13.4. The highest BCUT2D eigenvalue weighted by molar-refractivity contribution is 6.21. The Balaban J connectivity index is 1.44. The molecule has 2 aromatic carbocycles. The van der Waals surface area contributed by atoms with Gasteiger partial charge in [0.2, 0.25) is 0 Å². The van der Waals surface area contributed by atoms with Crippen LogP contribution in [-0.2, 0) is 13.0 Å². The van der Waals surface area contributed by atoms with Crippen molar-refractivity contribution in [3.05, 3.63) is 64.7 Å². The number of fused-ring (bicyclic) bond motifs is 2. The number of amides is 2. The lowest BCUT2D eigenvalue weighted by molar-refractivity contribution is 0.0633. The first-order valence-corrected chi connectivity index (χ1v) is 8.19. The van der Waals surface area contributed by atoms with Gasteiger partial charge in [0, 0.05) is 31.9 Å². The van der Waals surface area contributed by atoms with Gasteiger partial charge in [0.15, 0.2) is 0 Å². The molecule has 0 saturated carbocycles. The molecule has 2 aliphatic rings. The number of nitrogen functional groups attached to an aromatic ring is 1. The molecule has 4 rings (SSSR count). The topological polar surface area (TPSA) is 66.6 Å². The Labute approximate surface area is 140 Å². The minimum atomic E-state index is -0.183. The number of nitrogens with two attached hydrogens (primary N) is 1. The average molecular weight is 321 g/mol. The lowest BCUT2D eigenvalue weighted by Gasteiger charge is -2.30. The second kappa shape index (κ2) is 5.76. The second-order valence-electron chi connectivity index (χ2n) is 6.32. The summed E-state index contributed by atoms with van der Waals surface area (Å²) in [5, 5.41) is 0. The molecule has 0 saturated heterocycles. The molecule has 0 radical (unpaired) electrons. The molecule has 0 bridgehead atoms. The summed E-state index contributed by atoms with van der Waals surface area (Å²) in [7, 11) is 0. The van der Waals surface area contributed by atoms with E-state index in [0.717, 1.165) is 25.2 Å². The van der Waals surface area contributed by atoms with Crippen molar-refractivity contribution in [1.82, 2.24) is 9.80 Å². The molecule has 5 nitrogen and oxygen atoms in total. The summed E-state index contributed by atoms with van der Waals surface area (Å²) >= 11 is 0. The van der Waals surface area contributed by atoms with E-state index in [1.54, 1.807) is 24.3 Å². The maximum Gasteiger partial charge on any atom is 0.261 e. The van der Waals surface area contributed by atoms with Gasteiger partial charge in [0.25, 0.3) is 11.8 Å². The predicted octanol–water partition coefficient (Wildman–Crippen LogP) is 1.92. The smallest absolute Gasteiger partial charge is 0.261 e.